The second-order valence-electron chi connectivity index (χ2n) is 5.84. The molecule has 0 fully saturated rings. The number of ether oxygens (including phenoxy) is 1. The minimum Gasteiger partial charge on any atom is -0.462 e. The Bertz CT molecular complexity index is 896. The molecule has 128 valence electrons. The number of esters is 1. The zero-order valence-electron chi connectivity index (χ0n) is 14.5. The molecule has 0 saturated carbocycles. The molecule has 3 nitrogen and oxygen atoms in total. The van der Waals surface area contributed by atoms with Crippen molar-refractivity contribution in [2.75, 3.05) is 6.61 Å². The van der Waals surface area contributed by atoms with Gasteiger partial charge in [-0.25, -0.2) is 4.79 Å². The summed E-state index contributed by atoms with van der Waals surface area (Å²) in [7, 11) is 1.97. The van der Waals surface area contributed by atoms with Crippen molar-refractivity contribution in [1.29, 1.82) is 0 Å². The number of hydrogen-bond donors (Lipinski definition) is 0. The summed E-state index contributed by atoms with van der Waals surface area (Å²) in [5, 5.41) is 0.682. The molecule has 0 amide bonds. The van der Waals surface area contributed by atoms with Crippen molar-refractivity contribution < 1.29 is 9.53 Å². The third-order valence-corrected chi connectivity index (χ3v) is 4.60. The molecule has 3 aromatic rings. The molecule has 0 bridgehead atoms. The van der Waals surface area contributed by atoms with E-state index in [2.05, 4.69) is 0 Å². The smallest absolute Gasteiger partial charge is 0.340 e. The number of carbonyl (C=O) groups excluding carboxylic acids is 1. The van der Waals surface area contributed by atoms with E-state index in [1.165, 1.54) is 0 Å². The van der Waals surface area contributed by atoms with Gasteiger partial charge >= 0.3 is 5.97 Å². The van der Waals surface area contributed by atoms with Crippen LogP contribution in [0.25, 0.3) is 22.4 Å². The van der Waals surface area contributed by atoms with Crippen LogP contribution < -0.4 is 0 Å². The van der Waals surface area contributed by atoms with Crippen LogP contribution in [0, 0.1) is 6.92 Å². The molecule has 4 heteroatoms. The Morgan fingerprint density at radius 3 is 2.28 bits per heavy atom. The topological polar surface area (TPSA) is 31.2 Å². The van der Waals surface area contributed by atoms with E-state index in [4.69, 9.17) is 16.3 Å². The van der Waals surface area contributed by atoms with E-state index in [1.807, 2.05) is 80.1 Å². The summed E-state index contributed by atoms with van der Waals surface area (Å²) in [6.07, 6.45) is 0. The van der Waals surface area contributed by atoms with Gasteiger partial charge in [0, 0.05) is 23.3 Å². The number of benzene rings is 2. The Kier molecular flexibility index (Phi) is 4.95. The maximum atomic E-state index is 12.7. The number of nitrogens with zero attached hydrogens (tertiary/aromatic N) is 1. The molecule has 1 heterocycles. The van der Waals surface area contributed by atoms with Crippen LogP contribution in [0.3, 0.4) is 0 Å². The van der Waals surface area contributed by atoms with Crippen LogP contribution in [0.15, 0.2) is 54.6 Å². The van der Waals surface area contributed by atoms with Crippen LogP contribution in [0.2, 0.25) is 5.02 Å². The van der Waals surface area contributed by atoms with Crippen molar-refractivity contribution in [2.24, 2.45) is 7.05 Å². The minimum absolute atomic E-state index is 0.297. The van der Waals surface area contributed by atoms with E-state index in [-0.39, 0.29) is 5.97 Å². The predicted molar refractivity (Wildman–Crippen MR) is 102 cm³/mol. The van der Waals surface area contributed by atoms with Gasteiger partial charge in [-0.1, -0.05) is 54.1 Å². The molecular weight excluding hydrogens is 334 g/mol. The van der Waals surface area contributed by atoms with Crippen LogP contribution in [-0.2, 0) is 11.8 Å². The molecule has 0 radical (unpaired) electrons. The summed E-state index contributed by atoms with van der Waals surface area (Å²) >= 11 is 6.04. The van der Waals surface area contributed by atoms with Gasteiger partial charge in [0.1, 0.15) is 0 Å². The Morgan fingerprint density at radius 2 is 1.68 bits per heavy atom. The largest absolute Gasteiger partial charge is 0.462 e. The van der Waals surface area contributed by atoms with E-state index in [9.17, 15) is 4.79 Å². The summed E-state index contributed by atoms with van der Waals surface area (Å²) in [6, 6.07) is 17.6. The molecule has 0 saturated heterocycles. The van der Waals surface area contributed by atoms with Crippen molar-refractivity contribution >= 4 is 17.6 Å². The fourth-order valence-electron chi connectivity index (χ4n) is 3.09. The van der Waals surface area contributed by atoms with Crippen LogP contribution in [-0.4, -0.2) is 17.1 Å². The fraction of sp³-hybridized carbons (Fsp3) is 0.190. The molecule has 0 N–H and O–H groups in total. The predicted octanol–water partition coefficient (Wildman–Crippen LogP) is 5.50. The Labute approximate surface area is 152 Å². The molecule has 0 atom stereocenters. The first-order valence-corrected chi connectivity index (χ1v) is 8.60. The van der Waals surface area contributed by atoms with Crippen LogP contribution in [0.1, 0.15) is 23.0 Å². The number of rotatable bonds is 4. The highest BCUT2D eigenvalue weighted by Gasteiger charge is 2.26. The van der Waals surface area contributed by atoms with Gasteiger partial charge in [0.15, 0.2) is 0 Å². The lowest BCUT2D eigenvalue weighted by atomic mass is 9.97. The Morgan fingerprint density at radius 1 is 1.04 bits per heavy atom. The van der Waals surface area contributed by atoms with Crippen molar-refractivity contribution in [2.45, 2.75) is 13.8 Å². The molecule has 0 aliphatic carbocycles. The van der Waals surface area contributed by atoms with Gasteiger partial charge in [0.25, 0.3) is 0 Å². The Balaban J connectivity index is 2.32. The minimum atomic E-state index is -0.297. The molecule has 25 heavy (non-hydrogen) atoms. The van der Waals surface area contributed by atoms with Gasteiger partial charge in [-0.05, 0) is 37.1 Å². The fourth-order valence-corrected chi connectivity index (χ4v) is 3.21. The Hall–Kier alpha value is -2.52. The monoisotopic (exact) mass is 353 g/mol. The number of carbonyl (C=O) groups is 1. The van der Waals surface area contributed by atoms with Crippen LogP contribution in [0.5, 0.6) is 0 Å². The molecule has 0 aliphatic heterocycles. The number of halogens is 1. The zero-order valence-corrected chi connectivity index (χ0v) is 15.3. The third kappa shape index (κ3) is 3.20. The lowest BCUT2D eigenvalue weighted by Gasteiger charge is -2.10. The number of aromatic nitrogens is 1. The summed E-state index contributed by atoms with van der Waals surface area (Å²) < 4.78 is 7.36. The van der Waals surface area contributed by atoms with E-state index >= 15 is 0 Å². The van der Waals surface area contributed by atoms with Crippen molar-refractivity contribution in [3.63, 3.8) is 0 Å². The molecule has 3 rings (SSSR count). The van der Waals surface area contributed by atoms with Gasteiger partial charge in [-0.3, -0.25) is 0 Å². The van der Waals surface area contributed by atoms with Gasteiger partial charge in [-0.2, -0.15) is 0 Å². The third-order valence-electron chi connectivity index (χ3n) is 4.35. The molecule has 0 unspecified atom stereocenters. The molecule has 2 aromatic carbocycles. The zero-order chi connectivity index (χ0) is 18.0. The standard InChI is InChI=1S/C21H20ClNO2/c1-4-25-21(24)18-14(2)23(3)20(16-10-12-17(22)13-11-16)19(18)15-8-6-5-7-9-15/h5-13H,4H2,1-3H3. The van der Waals surface area contributed by atoms with Crippen molar-refractivity contribution in [3.05, 3.63) is 70.9 Å². The van der Waals surface area contributed by atoms with E-state index < -0.39 is 0 Å². The van der Waals surface area contributed by atoms with Gasteiger partial charge in [0.05, 0.1) is 17.9 Å². The lowest BCUT2D eigenvalue weighted by molar-refractivity contribution is 0.0526. The molecular formula is C21H20ClNO2. The first kappa shape index (κ1) is 17.3. The lowest BCUT2D eigenvalue weighted by Crippen LogP contribution is -2.07. The quantitative estimate of drug-likeness (QED) is 0.580. The average molecular weight is 354 g/mol. The highest BCUT2D eigenvalue weighted by molar-refractivity contribution is 6.30. The summed E-state index contributed by atoms with van der Waals surface area (Å²) in [5.74, 6) is -0.297. The normalized spacial score (nSPS) is 10.7. The highest BCUT2D eigenvalue weighted by Crippen LogP contribution is 2.39. The molecule has 1 aromatic heterocycles. The maximum Gasteiger partial charge on any atom is 0.340 e. The maximum absolute atomic E-state index is 12.7. The first-order chi connectivity index (χ1) is 12.0. The summed E-state index contributed by atoms with van der Waals surface area (Å²) in [4.78, 5) is 12.7. The molecule has 0 aliphatic rings. The van der Waals surface area contributed by atoms with Crippen molar-refractivity contribution in [3.8, 4) is 22.4 Å². The van der Waals surface area contributed by atoms with E-state index in [0.717, 1.165) is 28.1 Å². The highest BCUT2D eigenvalue weighted by atomic mass is 35.5. The summed E-state index contributed by atoms with van der Waals surface area (Å²) in [5.41, 5.74) is 5.34. The van der Waals surface area contributed by atoms with Crippen molar-refractivity contribution in [1.82, 2.24) is 4.57 Å². The van der Waals surface area contributed by atoms with Gasteiger partial charge < -0.3 is 9.30 Å². The van der Waals surface area contributed by atoms with Crippen LogP contribution in [0.4, 0.5) is 0 Å². The van der Waals surface area contributed by atoms with E-state index in [1.54, 1.807) is 0 Å². The average Bonchev–Trinajstić information content (AvgIpc) is 2.88. The van der Waals surface area contributed by atoms with Gasteiger partial charge in [-0.15, -0.1) is 0 Å². The second-order valence-corrected chi connectivity index (χ2v) is 6.27. The van der Waals surface area contributed by atoms with E-state index in [0.29, 0.717) is 17.2 Å². The number of hydrogen-bond acceptors (Lipinski definition) is 2. The second kappa shape index (κ2) is 7.16. The summed E-state index contributed by atoms with van der Waals surface area (Å²) in [6.45, 7) is 4.11. The van der Waals surface area contributed by atoms with Crippen LogP contribution >= 0.6 is 11.6 Å². The molecule has 0 spiro atoms. The van der Waals surface area contributed by atoms with Gasteiger partial charge in [0.2, 0.25) is 0 Å². The first-order valence-electron chi connectivity index (χ1n) is 8.22. The SMILES string of the molecule is CCOC(=O)c1c(-c2ccccc2)c(-c2ccc(Cl)cc2)n(C)c1C.